The smallest absolute Gasteiger partial charge is 0.336 e. The number of ether oxygens (including phenoxy) is 2. The summed E-state index contributed by atoms with van der Waals surface area (Å²) in [4.78, 5) is 27.8. The van der Waals surface area contributed by atoms with Crippen LogP contribution in [0.25, 0.3) is 0 Å². The maximum atomic E-state index is 14.6. The molecule has 5 nitrogen and oxygen atoms in total. The fourth-order valence-electron chi connectivity index (χ4n) is 3.74. The van der Waals surface area contributed by atoms with Gasteiger partial charge in [0.25, 0.3) is 0 Å². The molecule has 164 valence electrons. The van der Waals surface area contributed by atoms with Crippen LogP contribution in [0.1, 0.15) is 51.2 Å². The fourth-order valence-corrected chi connectivity index (χ4v) is 3.74. The topological polar surface area (TPSA) is 55.8 Å². The average molecular weight is 426 g/mol. The largest absolute Gasteiger partial charge is 0.497 e. The summed E-state index contributed by atoms with van der Waals surface area (Å²) in [5.41, 5.74) is 1.29. The van der Waals surface area contributed by atoms with E-state index in [-0.39, 0.29) is 12.3 Å². The molecule has 1 unspecified atom stereocenters. The lowest BCUT2D eigenvalue weighted by atomic mass is 9.83. The molecule has 2 aromatic rings. The third kappa shape index (κ3) is 5.13. The standard InChI is InChI=1S/C25H28FNO4/c1-16-23(24(29)31-25(2,3)4)20(19-8-6-7-9-21(19)26)14-22(28)27(16)15-17-10-12-18(30-5)13-11-17/h6-13,20H,14-15H2,1-5H3. The Morgan fingerprint density at radius 3 is 2.35 bits per heavy atom. The van der Waals surface area contributed by atoms with Crippen LogP contribution in [0.5, 0.6) is 5.75 Å². The van der Waals surface area contributed by atoms with Gasteiger partial charge in [0, 0.05) is 18.0 Å². The number of esters is 1. The highest BCUT2D eigenvalue weighted by molar-refractivity contribution is 5.96. The van der Waals surface area contributed by atoms with Crippen LogP contribution < -0.4 is 4.74 Å². The second-order valence-corrected chi connectivity index (χ2v) is 8.61. The van der Waals surface area contributed by atoms with E-state index in [1.807, 2.05) is 24.3 Å². The van der Waals surface area contributed by atoms with Crippen molar-refractivity contribution in [3.8, 4) is 5.75 Å². The van der Waals surface area contributed by atoms with Crippen LogP contribution in [0.2, 0.25) is 0 Å². The Morgan fingerprint density at radius 1 is 1.13 bits per heavy atom. The van der Waals surface area contributed by atoms with Crippen molar-refractivity contribution < 1.29 is 23.5 Å². The van der Waals surface area contributed by atoms with E-state index in [1.165, 1.54) is 6.07 Å². The van der Waals surface area contributed by atoms with Crippen LogP contribution in [0.3, 0.4) is 0 Å². The monoisotopic (exact) mass is 425 g/mol. The Kier molecular flexibility index (Phi) is 6.48. The lowest BCUT2D eigenvalue weighted by Crippen LogP contribution is -2.39. The van der Waals surface area contributed by atoms with E-state index in [0.717, 1.165) is 11.3 Å². The van der Waals surface area contributed by atoms with Gasteiger partial charge in [-0.2, -0.15) is 0 Å². The van der Waals surface area contributed by atoms with Gasteiger partial charge in [-0.05, 0) is 57.0 Å². The number of hydrogen-bond acceptors (Lipinski definition) is 4. The van der Waals surface area contributed by atoms with E-state index in [4.69, 9.17) is 9.47 Å². The second kappa shape index (κ2) is 8.92. The predicted molar refractivity (Wildman–Crippen MR) is 116 cm³/mol. The number of benzene rings is 2. The van der Waals surface area contributed by atoms with Crippen LogP contribution in [0, 0.1) is 5.82 Å². The minimum atomic E-state index is -0.716. The van der Waals surface area contributed by atoms with E-state index in [0.29, 0.717) is 23.4 Å². The Morgan fingerprint density at radius 2 is 1.77 bits per heavy atom. The lowest BCUT2D eigenvalue weighted by Gasteiger charge is -2.35. The molecule has 3 rings (SSSR count). The molecule has 1 aliphatic rings. The van der Waals surface area contributed by atoms with Gasteiger partial charge in [0.05, 0.1) is 19.2 Å². The summed E-state index contributed by atoms with van der Waals surface area (Å²) in [6.45, 7) is 7.35. The normalized spacial score (nSPS) is 17.0. The first kappa shape index (κ1) is 22.5. The quantitative estimate of drug-likeness (QED) is 0.635. The van der Waals surface area contributed by atoms with Gasteiger partial charge in [0.15, 0.2) is 0 Å². The van der Waals surface area contributed by atoms with Crippen molar-refractivity contribution in [3.63, 3.8) is 0 Å². The average Bonchev–Trinajstić information content (AvgIpc) is 2.70. The summed E-state index contributed by atoms with van der Waals surface area (Å²) >= 11 is 0. The number of nitrogens with zero attached hydrogens (tertiary/aromatic N) is 1. The van der Waals surface area contributed by atoms with Gasteiger partial charge in [-0.1, -0.05) is 30.3 Å². The molecular weight excluding hydrogens is 397 g/mol. The van der Waals surface area contributed by atoms with Crippen LogP contribution in [-0.2, 0) is 20.9 Å². The van der Waals surface area contributed by atoms with Crippen LogP contribution in [-0.4, -0.2) is 29.5 Å². The Balaban J connectivity index is 2.04. The van der Waals surface area contributed by atoms with E-state index < -0.39 is 23.3 Å². The predicted octanol–water partition coefficient (Wildman–Crippen LogP) is 4.97. The Hall–Kier alpha value is -3.15. The molecule has 31 heavy (non-hydrogen) atoms. The zero-order chi connectivity index (χ0) is 22.8. The van der Waals surface area contributed by atoms with Crippen molar-refractivity contribution in [1.29, 1.82) is 0 Å². The maximum Gasteiger partial charge on any atom is 0.336 e. The Labute approximate surface area is 182 Å². The summed E-state index contributed by atoms with van der Waals surface area (Å²) < 4.78 is 25.4. The van der Waals surface area contributed by atoms with E-state index in [9.17, 15) is 14.0 Å². The molecule has 0 aliphatic carbocycles. The summed E-state index contributed by atoms with van der Waals surface area (Å²) in [5, 5.41) is 0. The SMILES string of the molecule is COc1ccc(CN2C(=O)CC(c3ccccc3F)C(C(=O)OC(C)(C)C)=C2C)cc1. The van der Waals surface area contributed by atoms with E-state index in [2.05, 4.69) is 0 Å². The molecule has 0 saturated carbocycles. The number of halogens is 1. The van der Waals surface area contributed by atoms with Crippen molar-refractivity contribution >= 4 is 11.9 Å². The molecule has 2 aromatic carbocycles. The molecule has 0 spiro atoms. The number of carbonyl (C=O) groups excluding carboxylic acids is 2. The van der Waals surface area contributed by atoms with Crippen molar-refractivity contribution in [1.82, 2.24) is 4.90 Å². The third-order valence-electron chi connectivity index (χ3n) is 5.22. The van der Waals surface area contributed by atoms with Gasteiger partial charge < -0.3 is 14.4 Å². The van der Waals surface area contributed by atoms with Crippen LogP contribution in [0.15, 0.2) is 59.8 Å². The molecule has 0 aromatic heterocycles. The summed E-state index contributed by atoms with van der Waals surface area (Å²) in [5.74, 6) is -1.14. The molecule has 1 aliphatic heterocycles. The van der Waals surface area contributed by atoms with Crippen LogP contribution >= 0.6 is 0 Å². The highest BCUT2D eigenvalue weighted by atomic mass is 19.1. The molecule has 0 radical (unpaired) electrons. The number of hydrogen-bond donors (Lipinski definition) is 0. The molecule has 1 atom stereocenters. The van der Waals surface area contributed by atoms with Crippen molar-refractivity contribution in [2.24, 2.45) is 0 Å². The van der Waals surface area contributed by atoms with Gasteiger partial charge in [0.2, 0.25) is 5.91 Å². The summed E-state index contributed by atoms with van der Waals surface area (Å²) in [7, 11) is 1.59. The molecule has 0 N–H and O–H groups in total. The number of amides is 1. The first-order chi connectivity index (χ1) is 14.6. The highest BCUT2D eigenvalue weighted by Gasteiger charge is 2.39. The summed E-state index contributed by atoms with van der Waals surface area (Å²) in [6, 6.07) is 13.6. The minimum absolute atomic E-state index is 0.0109. The number of carbonyl (C=O) groups is 2. The molecule has 0 saturated heterocycles. The molecular formula is C25H28FNO4. The maximum absolute atomic E-state index is 14.6. The van der Waals surface area contributed by atoms with Crippen molar-refractivity contribution in [2.75, 3.05) is 7.11 Å². The molecule has 0 bridgehead atoms. The van der Waals surface area contributed by atoms with E-state index >= 15 is 0 Å². The number of allylic oxidation sites excluding steroid dienone is 1. The van der Waals surface area contributed by atoms with Crippen LogP contribution in [0.4, 0.5) is 4.39 Å². The zero-order valence-electron chi connectivity index (χ0n) is 18.6. The van der Waals surface area contributed by atoms with Gasteiger partial charge in [-0.3, -0.25) is 4.79 Å². The van der Waals surface area contributed by atoms with Gasteiger partial charge in [-0.25, -0.2) is 9.18 Å². The number of methoxy groups -OCH3 is 1. The first-order valence-electron chi connectivity index (χ1n) is 10.2. The number of rotatable bonds is 5. The Bertz CT molecular complexity index is 1000. The molecule has 1 amide bonds. The second-order valence-electron chi connectivity index (χ2n) is 8.61. The van der Waals surface area contributed by atoms with Gasteiger partial charge in [0.1, 0.15) is 17.2 Å². The molecule has 6 heteroatoms. The van der Waals surface area contributed by atoms with E-state index in [1.54, 1.807) is 57.9 Å². The minimum Gasteiger partial charge on any atom is -0.497 e. The van der Waals surface area contributed by atoms with Gasteiger partial charge >= 0.3 is 5.97 Å². The molecule has 1 heterocycles. The fraction of sp³-hybridized carbons (Fsp3) is 0.360. The first-order valence-corrected chi connectivity index (χ1v) is 10.2. The summed E-state index contributed by atoms with van der Waals surface area (Å²) in [6.07, 6.45) is -0.0109. The highest BCUT2D eigenvalue weighted by Crippen LogP contribution is 2.39. The van der Waals surface area contributed by atoms with Crippen molar-refractivity contribution in [2.45, 2.75) is 52.2 Å². The lowest BCUT2D eigenvalue weighted by molar-refractivity contribution is -0.150. The third-order valence-corrected chi connectivity index (χ3v) is 5.22. The molecule has 0 fully saturated rings. The van der Waals surface area contributed by atoms with Crippen molar-refractivity contribution in [3.05, 3.63) is 76.7 Å². The zero-order valence-corrected chi connectivity index (χ0v) is 18.6. The van der Waals surface area contributed by atoms with Gasteiger partial charge in [-0.15, -0.1) is 0 Å².